The highest BCUT2D eigenvalue weighted by atomic mass is 19.1. The number of aromatic carboxylic acids is 1. The molecule has 1 aromatic heterocycles. The topological polar surface area (TPSA) is 85.7 Å². The number of nitrogens with zero attached hydrogens (tertiary/aromatic N) is 3. The first-order valence-electron chi connectivity index (χ1n) is 8.97. The summed E-state index contributed by atoms with van der Waals surface area (Å²) in [6, 6.07) is 2.85. The Kier molecular flexibility index (Phi) is 4.13. The number of fused-ring (bicyclic) bond motifs is 1. The van der Waals surface area contributed by atoms with E-state index in [0.29, 0.717) is 37.4 Å². The lowest BCUT2D eigenvalue weighted by Crippen LogP contribution is -2.48. The van der Waals surface area contributed by atoms with E-state index >= 15 is 0 Å². The fourth-order valence-corrected chi connectivity index (χ4v) is 3.66. The number of anilines is 1. The maximum Gasteiger partial charge on any atom is 0.219 e. The molecular formula is C19H19FN3O4-. The Balaban J connectivity index is 1.80. The summed E-state index contributed by atoms with van der Waals surface area (Å²) in [7, 11) is 0. The Hall–Kier alpha value is -2.90. The van der Waals surface area contributed by atoms with E-state index in [0.717, 1.165) is 18.9 Å². The van der Waals surface area contributed by atoms with E-state index in [2.05, 4.69) is 0 Å². The standard InChI is InChI=1S/C19H20FN3O4/c1-11(24)21-4-6-22(7-5-21)17-9-16-13(8-15(17)20)18(25)14(19(26)27)10-23(16)12-2-3-12/h8-10,12H,2-7H2,1H3,(H,26,27)/p-1. The summed E-state index contributed by atoms with van der Waals surface area (Å²) in [6.07, 6.45) is 3.08. The number of halogens is 1. The van der Waals surface area contributed by atoms with Gasteiger partial charge in [0.2, 0.25) is 5.91 Å². The van der Waals surface area contributed by atoms with Crippen LogP contribution in [0.5, 0.6) is 0 Å². The Morgan fingerprint density at radius 2 is 1.81 bits per heavy atom. The molecule has 1 saturated carbocycles. The summed E-state index contributed by atoms with van der Waals surface area (Å²) in [5, 5.41) is 11.3. The molecule has 0 bridgehead atoms. The molecule has 2 heterocycles. The molecule has 1 aliphatic carbocycles. The first-order chi connectivity index (χ1) is 12.9. The second kappa shape index (κ2) is 6.37. The van der Waals surface area contributed by atoms with Crippen LogP contribution in [-0.2, 0) is 4.79 Å². The van der Waals surface area contributed by atoms with Crippen LogP contribution in [0.2, 0.25) is 0 Å². The van der Waals surface area contributed by atoms with E-state index in [4.69, 9.17) is 0 Å². The largest absolute Gasteiger partial charge is 0.545 e. The number of carbonyl (C=O) groups is 2. The van der Waals surface area contributed by atoms with Crippen LogP contribution in [0.25, 0.3) is 10.9 Å². The summed E-state index contributed by atoms with van der Waals surface area (Å²) in [4.78, 5) is 38.8. The summed E-state index contributed by atoms with van der Waals surface area (Å²) >= 11 is 0. The van der Waals surface area contributed by atoms with Crippen LogP contribution in [0.4, 0.5) is 10.1 Å². The fraction of sp³-hybridized carbons (Fsp3) is 0.421. The van der Waals surface area contributed by atoms with Gasteiger partial charge in [0.25, 0.3) is 0 Å². The molecule has 0 unspecified atom stereocenters. The zero-order chi connectivity index (χ0) is 19.3. The average molecular weight is 372 g/mol. The third kappa shape index (κ3) is 3.05. The zero-order valence-electron chi connectivity index (χ0n) is 14.9. The number of hydrogen-bond acceptors (Lipinski definition) is 5. The number of benzene rings is 1. The molecule has 2 aliphatic rings. The van der Waals surface area contributed by atoms with Gasteiger partial charge in [-0.3, -0.25) is 9.59 Å². The predicted octanol–water partition coefficient (Wildman–Crippen LogP) is 0.507. The van der Waals surface area contributed by atoms with E-state index in [-0.39, 0.29) is 17.3 Å². The number of amides is 1. The van der Waals surface area contributed by atoms with Crippen molar-refractivity contribution in [1.29, 1.82) is 0 Å². The molecule has 142 valence electrons. The number of carboxylic acids is 1. The normalized spacial score (nSPS) is 17.4. The number of pyridine rings is 1. The number of carbonyl (C=O) groups excluding carboxylic acids is 2. The quantitative estimate of drug-likeness (QED) is 0.784. The van der Waals surface area contributed by atoms with Gasteiger partial charge < -0.3 is 24.3 Å². The van der Waals surface area contributed by atoms with Crippen LogP contribution in [-0.4, -0.2) is 47.5 Å². The van der Waals surface area contributed by atoms with Gasteiger partial charge in [-0.1, -0.05) is 0 Å². The summed E-state index contributed by atoms with van der Waals surface area (Å²) < 4.78 is 16.5. The maximum absolute atomic E-state index is 14.8. The average Bonchev–Trinajstić information content (AvgIpc) is 3.47. The smallest absolute Gasteiger partial charge is 0.219 e. The van der Waals surface area contributed by atoms with Crippen molar-refractivity contribution < 1.29 is 19.1 Å². The molecule has 1 saturated heterocycles. The van der Waals surface area contributed by atoms with Crippen LogP contribution in [0.1, 0.15) is 36.2 Å². The number of rotatable bonds is 3. The van der Waals surface area contributed by atoms with Crippen LogP contribution in [0, 0.1) is 5.82 Å². The molecule has 0 radical (unpaired) electrons. The molecule has 1 aromatic carbocycles. The number of hydrogen-bond donors (Lipinski definition) is 0. The number of piperazine rings is 1. The van der Waals surface area contributed by atoms with Crippen molar-refractivity contribution in [3.63, 3.8) is 0 Å². The van der Waals surface area contributed by atoms with Crippen molar-refractivity contribution >= 4 is 28.5 Å². The van der Waals surface area contributed by atoms with E-state index in [1.807, 2.05) is 4.90 Å². The van der Waals surface area contributed by atoms with Gasteiger partial charge in [-0.25, -0.2) is 4.39 Å². The second-order valence-corrected chi connectivity index (χ2v) is 7.11. The van der Waals surface area contributed by atoms with Crippen LogP contribution >= 0.6 is 0 Å². The summed E-state index contributed by atoms with van der Waals surface area (Å²) in [5.41, 5.74) is -0.288. The van der Waals surface area contributed by atoms with Crippen molar-refractivity contribution in [1.82, 2.24) is 9.47 Å². The molecule has 0 spiro atoms. The van der Waals surface area contributed by atoms with Crippen molar-refractivity contribution in [2.24, 2.45) is 0 Å². The van der Waals surface area contributed by atoms with E-state index < -0.39 is 22.8 Å². The number of carboxylic acid groups (broad SMARTS) is 1. The van der Waals surface area contributed by atoms with Crippen molar-refractivity contribution in [3.05, 3.63) is 39.9 Å². The van der Waals surface area contributed by atoms with Crippen LogP contribution in [0.15, 0.2) is 23.1 Å². The van der Waals surface area contributed by atoms with Gasteiger partial charge in [0.15, 0.2) is 5.43 Å². The summed E-state index contributed by atoms with van der Waals surface area (Å²) in [5.74, 6) is -2.14. The van der Waals surface area contributed by atoms with Gasteiger partial charge in [0.05, 0.1) is 22.7 Å². The monoisotopic (exact) mass is 372 g/mol. The van der Waals surface area contributed by atoms with Crippen LogP contribution in [0.3, 0.4) is 0 Å². The van der Waals surface area contributed by atoms with Gasteiger partial charge in [-0.2, -0.15) is 0 Å². The predicted molar refractivity (Wildman–Crippen MR) is 95.2 cm³/mol. The minimum atomic E-state index is -1.55. The molecule has 2 aromatic rings. The highest BCUT2D eigenvalue weighted by Gasteiger charge is 2.27. The van der Waals surface area contributed by atoms with E-state index in [9.17, 15) is 23.9 Å². The molecule has 4 rings (SSSR count). The minimum absolute atomic E-state index is 0.00832. The Morgan fingerprint density at radius 1 is 1.15 bits per heavy atom. The van der Waals surface area contributed by atoms with Crippen molar-refractivity contribution in [2.75, 3.05) is 31.1 Å². The lowest BCUT2D eigenvalue weighted by atomic mass is 10.1. The lowest BCUT2D eigenvalue weighted by molar-refractivity contribution is -0.255. The molecule has 2 fully saturated rings. The van der Waals surface area contributed by atoms with Gasteiger partial charge in [0.1, 0.15) is 5.82 Å². The first kappa shape index (κ1) is 17.5. The number of aromatic nitrogens is 1. The second-order valence-electron chi connectivity index (χ2n) is 7.11. The summed E-state index contributed by atoms with van der Waals surface area (Å²) in [6.45, 7) is 3.51. The van der Waals surface area contributed by atoms with Gasteiger partial charge in [-0.15, -0.1) is 0 Å². The van der Waals surface area contributed by atoms with Gasteiger partial charge >= 0.3 is 0 Å². The molecule has 0 N–H and O–H groups in total. The molecular weight excluding hydrogens is 353 g/mol. The molecule has 1 aliphatic heterocycles. The molecule has 1 amide bonds. The highest BCUT2D eigenvalue weighted by Crippen LogP contribution is 2.38. The third-order valence-electron chi connectivity index (χ3n) is 5.33. The maximum atomic E-state index is 14.8. The lowest BCUT2D eigenvalue weighted by Gasteiger charge is -2.36. The molecule has 27 heavy (non-hydrogen) atoms. The van der Waals surface area contributed by atoms with E-state index in [1.165, 1.54) is 13.1 Å². The first-order valence-corrected chi connectivity index (χ1v) is 8.97. The Morgan fingerprint density at radius 3 is 2.37 bits per heavy atom. The highest BCUT2D eigenvalue weighted by molar-refractivity contribution is 5.92. The Bertz CT molecular complexity index is 1000. The van der Waals surface area contributed by atoms with E-state index in [1.54, 1.807) is 15.5 Å². The SMILES string of the molecule is CC(=O)N1CCN(c2cc3c(cc2F)c(=O)c(C(=O)[O-])cn3C2CC2)CC1. The third-order valence-corrected chi connectivity index (χ3v) is 5.33. The van der Waals surface area contributed by atoms with Gasteiger partial charge in [-0.05, 0) is 25.0 Å². The molecule has 8 heteroatoms. The minimum Gasteiger partial charge on any atom is -0.545 e. The Labute approximate surface area is 154 Å². The molecule has 0 atom stereocenters. The fourth-order valence-electron chi connectivity index (χ4n) is 3.66. The van der Waals surface area contributed by atoms with Crippen molar-refractivity contribution in [2.45, 2.75) is 25.8 Å². The van der Waals surface area contributed by atoms with Crippen LogP contribution < -0.4 is 15.4 Å². The van der Waals surface area contributed by atoms with Gasteiger partial charge in [0, 0.05) is 50.7 Å². The molecule has 7 nitrogen and oxygen atoms in total. The van der Waals surface area contributed by atoms with Crippen molar-refractivity contribution in [3.8, 4) is 0 Å². The zero-order valence-corrected chi connectivity index (χ0v) is 14.9.